The number of halogens is 13. The van der Waals surface area contributed by atoms with E-state index in [1.807, 2.05) is 0 Å². The summed E-state index contributed by atoms with van der Waals surface area (Å²) in [5.74, 6) is -44.0. The van der Waals surface area contributed by atoms with E-state index in [4.69, 9.17) is 25.5 Å². The van der Waals surface area contributed by atoms with Gasteiger partial charge in [-0.2, -0.15) is 57.1 Å². The van der Waals surface area contributed by atoms with Gasteiger partial charge in [0.1, 0.15) is 24.4 Å². The van der Waals surface area contributed by atoms with Crippen LogP contribution in [0.4, 0.5) is 57.1 Å². The zero-order valence-corrected chi connectivity index (χ0v) is 14.1. The topological polar surface area (TPSA) is 118 Å². The van der Waals surface area contributed by atoms with Crippen LogP contribution in [0.15, 0.2) is 0 Å². The molecule has 0 aromatic heterocycles. The molecule has 0 saturated carbocycles. The van der Waals surface area contributed by atoms with Gasteiger partial charge in [-0.15, -0.1) is 0 Å². The number of carbonyl (C=O) groups is 1. The highest BCUT2D eigenvalue weighted by atomic mass is 19.4. The standard InChI is InChI=1S/C12H11F13O6/c13-7(14,6(31)5(30)4(29)3(28)2(27)1-26)8(15,16)9(17,18)10(19,20)11(21,22)12(23,24)25/h2-5,26-30H,1H2/t2-,3-,4+,5-/m1/s1. The molecule has 0 aromatic carbocycles. The van der Waals surface area contributed by atoms with Gasteiger partial charge in [-0.1, -0.05) is 0 Å². The zero-order valence-electron chi connectivity index (χ0n) is 14.1. The Morgan fingerprint density at radius 1 is 0.613 bits per heavy atom. The maximum absolute atomic E-state index is 13.6. The van der Waals surface area contributed by atoms with Crippen LogP contribution in [0, 0.1) is 0 Å². The molecule has 4 atom stereocenters. The number of alkyl halides is 13. The third-order valence-electron chi connectivity index (χ3n) is 3.77. The summed E-state index contributed by atoms with van der Waals surface area (Å²) >= 11 is 0. The quantitative estimate of drug-likeness (QED) is 0.284. The fourth-order valence-corrected chi connectivity index (χ4v) is 1.79. The van der Waals surface area contributed by atoms with Crippen LogP contribution in [-0.2, 0) is 4.79 Å². The van der Waals surface area contributed by atoms with Crippen LogP contribution in [0.5, 0.6) is 0 Å². The van der Waals surface area contributed by atoms with Crippen molar-refractivity contribution in [2.24, 2.45) is 0 Å². The van der Waals surface area contributed by atoms with Gasteiger partial charge in [-0.05, 0) is 0 Å². The third-order valence-corrected chi connectivity index (χ3v) is 3.77. The molecule has 186 valence electrons. The summed E-state index contributed by atoms with van der Waals surface area (Å²) in [6, 6.07) is 0. The highest BCUT2D eigenvalue weighted by Crippen LogP contribution is 2.60. The number of hydrogen-bond donors (Lipinski definition) is 5. The molecule has 0 amide bonds. The van der Waals surface area contributed by atoms with Gasteiger partial charge in [-0.25, -0.2) is 0 Å². The highest BCUT2D eigenvalue weighted by Gasteiger charge is 2.91. The summed E-state index contributed by atoms with van der Waals surface area (Å²) in [4.78, 5) is 11.2. The van der Waals surface area contributed by atoms with Gasteiger partial charge in [0.2, 0.25) is 5.78 Å². The molecule has 19 heteroatoms. The lowest BCUT2D eigenvalue weighted by Gasteiger charge is -2.39. The molecule has 0 aliphatic heterocycles. The molecule has 0 saturated heterocycles. The average Bonchev–Trinajstić information content (AvgIpc) is 2.62. The summed E-state index contributed by atoms with van der Waals surface area (Å²) in [6.07, 6.45) is -20.9. The maximum atomic E-state index is 13.6. The first-order valence-electron chi connectivity index (χ1n) is 7.21. The van der Waals surface area contributed by atoms with E-state index in [0.717, 1.165) is 0 Å². The minimum absolute atomic E-state index is 1.54. The Morgan fingerprint density at radius 3 is 1.29 bits per heavy atom. The molecule has 0 heterocycles. The normalized spacial score (nSPS) is 19.0. The molecule has 0 aliphatic carbocycles. The predicted octanol–water partition coefficient (Wildman–Crippen LogP) is 0.730. The first-order valence-corrected chi connectivity index (χ1v) is 7.21. The summed E-state index contributed by atoms with van der Waals surface area (Å²) in [5, 5.41) is 44.5. The minimum Gasteiger partial charge on any atom is -0.394 e. The molecule has 0 aliphatic rings. The lowest BCUT2D eigenvalue weighted by molar-refractivity contribution is -0.436. The van der Waals surface area contributed by atoms with Crippen molar-refractivity contribution in [2.45, 2.75) is 60.2 Å². The molecule has 0 unspecified atom stereocenters. The van der Waals surface area contributed by atoms with Gasteiger partial charge in [0.15, 0.2) is 0 Å². The Bertz CT molecular complexity index is 649. The SMILES string of the molecule is O=C([C@H](O)[C@@H](O)[C@H](O)[C@H](O)CO)C(F)(F)C(F)(F)C(F)(F)C(F)(F)C(F)(F)C(F)(F)F. The van der Waals surface area contributed by atoms with Crippen molar-refractivity contribution in [3.63, 3.8) is 0 Å². The Kier molecular flexibility index (Phi) is 8.09. The summed E-state index contributed by atoms with van der Waals surface area (Å²) in [6.45, 7) is -1.54. The maximum Gasteiger partial charge on any atom is 0.460 e. The number of aliphatic hydroxyl groups is 5. The van der Waals surface area contributed by atoms with Crippen molar-refractivity contribution in [2.75, 3.05) is 6.61 Å². The molecule has 0 bridgehead atoms. The van der Waals surface area contributed by atoms with E-state index in [0.29, 0.717) is 0 Å². The molecule has 31 heavy (non-hydrogen) atoms. The number of rotatable bonds is 10. The van der Waals surface area contributed by atoms with Gasteiger partial charge < -0.3 is 25.5 Å². The van der Waals surface area contributed by atoms with Crippen LogP contribution in [0.3, 0.4) is 0 Å². The predicted molar refractivity (Wildman–Crippen MR) is 66.9 cm³/mol. The van der Waals surface area contributed by atoms with E-state index in [1.165, 1.54) is 0 Å². The largest absolute Gasteiger partial charge is 0.460 e. The van der Waals surface area contributed by atoms with Crippen LogP contribution < -0.4 is 0 Å². The molecular weight excluding hydrogens is 487 g/mol. The first kappa shape index (κ1) is 29.6. The molecule has 0 fully saturated rings. The van der Waals surface area contributed by atoms with Crippen LogP contribution in [0.25, 0.3) is 0 Å². The van der Waals surface area contributed by atoms with E-state index in [2.05, 4.69) is 0 Å². The number of hydrogen-bond acceptors (Lipinski definition) is 6. The minimum atomic E-state index is -8.30. The monoisotopic (exact) mass is 498 g/mol. The molecule has 0 spiro atoms. The van der Waals surface area contributed by atoms with Crippen LogP contribution in [-0.4, -0.2) is 98.1 Å². The Morgan fingerprint density at radius 2 is 0.968 bits per heavy atom. The second-order valence-electron chi connectivity index (χ2n) is 5.91. The molecule has 5 N–H and O–H groups in total. The Hall–Kier alpha value is -1.44. The van der Waals surface area contributed by atoms with E-state index < -0.39 is 72.6 Å². The van der Waals surface area contributed by atoms with E-state index in [1.54, 1.807) is 0 Å². The van der Waals surface area contributed by atoms with Gasteiger partial charge in [0, 0.05) is 0 Å². The van der Waals surface area contributed by atoms with Gasteiger partial charge in [0.05, 0.1) is 6.61 Å². The molecule has 0 radical (unpaired) electrons. The van der Waals surface area contributed by atoms with Gasteiger partial charge >= 0.3 is 35.8 Å². The van der Waals surface area contributed by atoms with Crippen molar-refractivity contribution < 1.29 is 87.4 Å². The van der Waals surface area contributed by atoms with Crippen molar-refractivity contribution in [3.8, 4) is 0 Å². The van der Waals surface area contributed by atoms with Crippen LogP contribution >= 0.6 is 0 Å². The number of aliphatic hydroxyl groups excluding tert-OH is 5. The molecular formula is C12H11F13O6. The fraction of sp³-hybridized carbons (Fsp3) is 0.917. The fourth-order valence-electron chi connectivity index (χ4n) is 1.79. The first-order chi connectivity index (χ1) is 13.4. The second kappa shape index (κ2) is 8.49. The van der Waals surface area contributed by atoms with E-state index in [9.17, 15) is 61.9 Å². The van der Waals surface area contributed by atoms with Crippen molar-refractivity contribution >= 4 is 5.78 Å². The smallest absolute Gasteiger partial charge is 0.394 e. The molecule has 0 rings (SSSR count). The van der Waals surface area contributed by atoms with Gasteiger partial charge in [-0.3, -0.25) is 4.79 Å². The summed E-state index contributed by atoms with van der Waals surface area (Å²) in [5.41, 5.74) is 0. The Balaban J connectivity index is 6.31. The van der Waals surface area contributed by atoms with Crippen LogP contribution in [0.1, 0.15) is 0 Å². The van der Waals surface area contributed by atoms with Crippen molar-refractivity contribution in [3.05, 3.63) is 0 Å². The lowest BCUT2D eigenvalue weighted by atomic mass is 9.88. The summed E-state index contributed by atoms with van der Waals surface area (Å²) < 4.78 is 168. The highest BCUT2D eigenvalue weighted by molar-refractivity contribution is 5.91. The van der Waals surface area contributed by atoms with Crippen molar-refractivity contribution in [1.82, 2.24) is 0 Å². The number of Topliss-reactive ketones (excluding diaryl/α,β-unsaturated/α-hetero) is 1. The van der Waals surface area contributed by atoms with E-state index in [-0.39, 0.29) is 0 Å². The number of carbonyl (C=O) groups excluding carboxylic acids is 1. The molecule has 0 aromatic rings. The zero-order chi connectivity index (χ0) is 25.6. The molecule has 6 nitrogen and oxygen atoms in total. The van der Waals surface area contributed by atoms with Gasteiger partial charge in [0.25, 0.3) is 0 Å². The number of ketones is 1. The van der Waals surface area contributed by atoms with E-state index >= 15 is 0 Å². The van der Waals surface area contributed by atoms with Crippen LogP contribution in [0.2, 0.25) is 0 Å². The average molecular weight is 498 g/mol. The third kappa shape index (κ3) is 4.41. The van der Waals surface area contributed by atoms with Crippen molar-refractivity contribution in [1.29, 1.82) is 0 Å². The second-order valence-corrected chi connectivity index (χ2v) is 5.91. The Labute approximate surface area is 161 Å². The lowest BCUT2D eigenvalue weighted by Crippen LogP contribution is -2.72. The summed E-state index contributed by atoms with van der Waals surface area (Å²) in [7, 11) is 0.